The van der Waals surface area contributed by atoms with Crippen LogP contribution in [0.15, 0.2) is 10.3 Å². The van der Waals surface area contributed by atoms with Crippen molar-refractivity contribution in [3.05, 3.63) is 16.2 Å². The fourth-order valence-electron chi connectivity index (χ4n) is 0.981. The first-order valence-corrected chi connectivity index (χ1v) is 6.45. The Morgan fingerprint density at radius 3 is 2.38 bits per heavy atom. The molecule has 0 unspecified atom stereocenters. The molecule has 0 aromatic carbocycles. The quantitative estimate of drug-likeness (QED) is 0.646. The maximum Gasteiger partial charge on any atom is 0.304 e. The van der Waals surface area contributed by atoms with Crippen LogP contribution in [0.1, 0.15) is 0 Å². The Balaban J connectivity index is 3.34. The third-order valence-corrected chi connectivity index (χ3v) is 5.25. The molecule has 16 heavy (non-hydrogen) atoms. The molecular weight excluding hydrogens is 254 g/mol. The molecule has 7 nitrogen and oxygen atoms in total. The molecule has 0 atom stereocenters. The molecule has 1 heterocycles. The van der Waals surface area contributed by atoms with E-state index in [1.807, 2.05) is 0 Å². The molecule has 0 amide bonds. The van der Waals surface area contributed by atoms with Crippen molar-refractivity contribution in [1.29, 1.82) is 0 Å². The van der Waals surface area contributed by atoms with Gasteiger partial charge in [-0.25, -0.2) is 12.7 Å². The molecule has 0 bridgehead atoms. The molecule has 0 saturated carbocycles. The van der Waals surface area contributed by atoms with Crippen LogP contribution >= 0.6 is 11.3 Å². The maximum atomic E-state index is 11.7. The van der Waals surface area contributed by atoms with E-state index >= 15 is 0 Å². The topological polar surface area (TPSA) is 92.6 Å². The summed E-state index contributed by atoms with van der Waals surface area (Å²) in [4.78, 5) is 10.0. The molecule has 0 saturated heterocycles. The summed E-state index contributed by atoms with van der Waals surface area (Å²) < 4.78 is 24.4. The Morgan fingerprint density at radius 2 is 2.06 bits per heavy atom. The molecule has 0 radical (unpaired) electrons. The third kappa shape index (κ3) is 2.15. The Bertz CT molecular complexity index is 506. The zero-order valence-corrected chi connectivity index (χ0v) is 10.6. The summed E-state index contributed by atoms with van der Waals surface area (Å²) >= 11 is 0.841. The summed E-state index contributed by atoms with van der Waals surface area (Å²) in [6, 6.07) is 1.06. The molecule has 1 aromatic heterocycles. The maximum absolute atomic E-state index is 11.7. The summed E-state index contributed by atoms with van der Waals surface area (Å²) in [5, 5.41) is 13.5. The lowest BCUT2D eigenvalue weighted by molar-refractivity contribution is -0.383. The van der Waals surface area contributed by atoms with Crippen molar-refractivity contribution in [3.63, 3.8) is 0 Å². The normalized spacial score (nSPS) is 11.8. The Kier molecular flexibility index (Phi) is 3.51. The van der Waals surface area contributed by atoms with Crippen LogP contribution in [0.3, 0.4) is 0 Å². The number of nitro groups is 1. The van der Waals surface area contributed by atoms with Crippen molar-refractivity contribution in [2.75, 3.05) is 26.5 Å². The van der Waals surface area contributed by atoms with Gasteiger partial charge in [0.05, 0.1) is 4.92 Å². The average molecular weight is 265 g/mol. The molecule has 1 N–H and O–H groups in total. The number of hydrogen-bond donors (Lipinski definition) is 1. The largest absolute Gasteiger partial charge is 0.374 e. The lowest BCUT2D eigenvalue weighted by atomic mass is 10.5. The van der Waals surface area contributed by atoms with Gasteiger partial charge in [-0.3, -0.25) is 10.1 Å². The van der Waals surface area contributed by atoms with Gasteiger partial charge in [0, 0.05) is 27.2 Å². The molecular formula is C7H11N3O4S2. The third-order valence-electron chi connectivity index (χ3n) is 1.85. The Hall–Kier alpha value is -1.19. The van der Waals surface area contributed by atoms with E-state index in [1.165, 1.54) is 21.1 Å². The van der Waals surface area contributed by atoms with E-state index in [-0.39, 0.29) is 14.9 Å². The first-order valence-electron chi connectivity index (χ1n) is 4.19. The number of nitrogens with zero attached hydrogens (tertiary/aromatic N) is 2. The number of anilines is 1. The second-order valence-electron chi connectivity index (χ2n) is 3.07. The van der Waals surface area contributed by atoms with Crippen molar-refractivity contribution in [2.24, 2.45) is 0 Å². The lowest BCUT2D eigenvalue weighted by Crippen LogP contribution is -2.21. The number of nitrogens with one attached hydrogen (secondary N) is 1. The van der Waals surface area contributed by atoms with Crippen LogP contribution < -0.4 is 5.32 Å². The standard InChI is InChI=1S/C7H11N3O4S2/c1-8-7-5(10(11)12)4-6(15-7)16(13,14)9(2)3/h4,8H,1-3H3. The first-order chi connectivity index (χ1) is 7.30. The predicted molar refractivity (Wildman–Crippen MR) is 61.4 cm³/mol. The van der Waals surface area contributed by atoms with Gasteiger partial charge in [0.25, 0.3) is 10.0 Å². The number of thiophene rings is 1. The van der Waals surface area contributed by atoms with Gasteiger partial charge in [0.2, 0.25) is 0 Å². The van der Waals surface area contributed by atoms with Crippen LogP contribution in [-0.4, -0.2) is 38.8 Å². The van der Waals surface area contributed by atoms with E-state index < -0.39 is 14.9 Å². The van der Waals surface area contributed by atoms with Crippen LogP contribution in [0.5, 0.6) is 0 Å². The summed E-state index contributed by atoms with van der Waals surface area (Å²) in [7, 11) is 0.640. The molecule has 0 spiro atoms. The molecule has 90 valence electrons. The van der Waals surface area contributed by atoms with Crippen molar-refractivity contribution in [1.82, 2.24) is 4.31 Å². The Morgan fingerprint density at radius 1 is 1.50 bits per heavy atom. The fraction of sp³-hybridized carbons (Fsp3) is 0.429. The molecule has 9 heteroatoms. The minimum atomic E-state index is -3.61. The molecule has 0 aliphatic carbocycles. The number of hydrogen-bond acceptors (Lipinski definition) is 6. The summed E-state index contributed by atoms with van der Waals surface area (Å²) in [6.07, 6.45) is 0. The molecule has 0 fully saturated rings. The van der Waals surface area contributed by atoms with Gasteiger partial charge in [0.15, 0.2) is 5.00 Å². The number of rotatable bonds is 4. The summed E-state index contributed by atoms with van der Waals surface area (Å²) in [5.74, 6) is 0. The van der Waals surface area contributed by atoms with Crippen LogP contribution in [-0.2, 0) is 10.0 Å². The summed E-state index contributed by atoms with van der Waals surface area (Å²) in [6.45, 7) is 0. The van der Waals surface area contributed by atoms with Crippen molar-refractivity contribution in [3.8, 4) is 0 Å². The van der Waals surface area contributed by atoms with Crippen LogP contribution in [0.25, 0.3) is 0 Å². The van der Waals surface area contributed by atoms with Crippen molar-refractivity contribution < 1.29 is 13.3 Å². The van der Waals surface area contributed by atoms with E-state index in [0.717, 1.165) is 21.7 Å². The Labute approximate surface area is 96.9 Å². The van der Waals surface area contributed by atoms with E-state index in [1.54, 1.807) is 0 Å². The predicted octanol–water partition coefficient (Wildman–Crippen LogP) is 0.948. The highest BCUT2D eigenvalue weighted by atomic mass is 32.2. The van der Waals surface area contributed by atoms with Crippen LogP contribution in [0.4, 0.5) is 10.7 Å². The van der Waals surface area contributed by atoms with E-state index in [4.69, 9.17) is 0 Å². The van der Waals surface area contributed by atoms with Gasteiger partial charge in [0.1, 0.15) is 4.21 Å². The molecule has 0 aliphatic heterocycles. The highest BCUT2D eigenvalue weighted by Gasteiger charge is 2.26. The van der Waals surface area contributed by atoms with E-state index in [0.29, 0.717) is 0 Å². The smallest absolute Gasteiger partial charge is 0.304 e. The van der Waals surface area contributed by atoms with Crippen LogP contribution in [0, 0.1) is 10.1 Å². The minimum absolute atomic E-state index is 0.0476. The molecule has 1 rings (SSSR count). The van der Waals surface area contributed by atoms with Gasteiger partial charge in [-0.05, 0) is 0 Å². The highest BCUT2D eigenvalue weighted by Crippen LogP contribution is 2.37. The monoisotopic (exact) mass is 265 g/mol. The molecule has 0 aliphatic rings. The van der Waals surface area contributed by atoms with Crippen LogP contribution in [0.2, 0.25) is 0 Å². The second kappa shape index (κ2) is 4.36. The van der Waals surface area contributed by atoms with Gasteiger partial charge >= 0.3 is 5.69 Å². The van der Waals surface area contributed by atoms with Crippen molar-refractivity contribution in [2.45, 2.75) is 4.21 Å². The van der Waals surface area contributed by atoms with Gasteiger partial charge in [-0.15, -0.1) is 0 Å². The first kappa shape index (κ1) is 12.9. The van der Waals surface area contributed by atoms with Gasteiger partial charge < -0.3 is 5.32 Å². The second-order valence-corrected chi connectivity index (χ2v) is 6.51. The number of sulfonamides is 1. The van der Waals surface area contributed by atoms with E-state index in [2.05, 4.69) is 5.32 Å². The lowest BCUT2D eigenvalue weighted by Gasteiger charge is -2.07. The zero-order chi connectivity index (χ0) is 12.5. The molecule has 1 aromatic rings. The summed E-state index contributed by atoms with van der Waals surface area (Å²) in [5.41, 5.74) is -0.229. The van der Waals surface area contributed by atoms with Gasteiger partial charge in [-0.2, -0.15) is 0 Å². The average Bonchev–Trinajstić information content (AvgIpc) is 2.61. The van der Waals surface area contributed by atoms with Gasteiger partial charge in [-0.1, -0.05) is 11.3 Å². The highest BCUT2D eigenvalue weighted by molar-refractivity contribution is 7.91. The zero-order valence-electron chi connectivity index (χ0n) is 8.92. The van der Waals surface area contributed by atoms with Crippen molar-refractivity contribution >= 4 is 32.0 Å². The van der Waals surface area contributed by atoms with E-state index in [9.17, 15) is 18.5 Å². The SMILES string of the molecule is CNc1sc(S(=O)(=O)N(C)C)cc1[N+](=O)[O-]. The fourth-order valence-corrected chi connectivity index (χ4v) is 3.43. The minimum Gasteiger partial charge on any atom is -0.374 e.